The number of alkyl halides is 2. The Bertz CT molecular complexity index is 230. The van der Waals surface area contributed by atoms with Gasteiger partial charge in [0, 0.05) is 24.8 Å². The summed E-state index contributed by atoms with van der Waals surface area (Å²) in [6.45, 7) is 3.00. The van der Waals surface area contributed by atoms with Gasteiger partial charge in [0.1, 0.15) is 0 Å². The average Bonchev–Trinajstić information content (AvgIpc) is 2.31. The Balaban J connectivity index is 2.16. The molecule has 0 amide bonds. The van der Waals surface area contributed by atoms with Crippen LogP contribution < -0.4 is 0 Å². The molecule has 0 unspecified atom stereocenters. The molecule has 0 spiro atoms. The Labute approximate surface area is 109 Å². The van der Waals surface area contributed by atoms with E-state index < -0.39 is 0 Å². The van der Waals surface area contributed by atoms with Crippen LogP contribution in [0, 0.1) is 0 Å². The largest absolute Gasteiger partial charge is 0.301 e. The van der Waals surface area contributed by atoms with Gasteiger partial charge in [0.2, 0.25) is 0 Å². The van der Waals surface area contributed by atoms with E-state index >= 15 is 0 Å². The van der Waals surface area contributed by atoms with Crippen molar-refractivity contribution in [1.29, 1.82) is 0 Å². The summed E-state index contributed by atoms with van der Waals surface area (Å²) in [7, 11) is 0. The third-order valence-electron chi connectivity index (χ3n) is 2.81. The maximum Gasteiger partial charge on any atom is 0.0351 e. The first-order valence-corrected chi connectivity index (χ1v) is 7.13. The molecule has 0 radical (unpaired) electrons. The molecule has 0 fully saturated rings. The van der Waals surface area contributed by atoms with E-state index in [1.165, 1.54) is 31.3 Å². The first-order chi connectivity index (χ1) is 7.86. The fraction of sp³-hybridized carbons (Fsp3) is 0.692. The van der Waals surface area contributed by atoms with Crippen LogP contribution in [0.2, 0.25) is 0 Å². The zero-order chi connectivity index (χ0) is 11.6. The Morgan fingerprint density at radius 1 is 1.06 bits per heavy atom. The van der Waals surface area contributed by atoms with E-state index in [-0.39, 0.29) is 0 Å². The molecule has 92 valence electrons. The molecule has 0 saturated heterocycles. The minimum atomic E-state index is 0.694. The van der Waals surface area contributed by atoms with Gasteiger partial charge < -0.3 is 4.90 Å². The van der Waals surface area contributed by atoms with Gasteiger partial charge in [0.15, 0.2) is 0 Å². The molecule has 1 aliphatic carbocycles. The third kappa shape index (κ3) is 5.93. The second-order valence-electron chi connectivity index (χ2n) is 4.08. The molecule has 0 aromatic carbocycles. The van der Waals surface area contributed by atoms with Crippen LogP contribution in [0.4, 0.5) is 0 Å². The second-order valence-corrected chi connectivity index (χ2v) is 4.84. The highest BCUT2D eigenvalue weighted by molar-refractivity contribution is 6.18. The van der Waals surface area contributed by atoms with Gasteiger partial charge in [-0.1, -0.05) is 23.8 Å². The highest BCUT2D eigenvalue weighted by Gasteiger charge is 2.04. The molecule has 16 heavy (non-hydrogen) atoms. The number of hydrogen-bond donors (Lipinski definition) is 0. The van der Waals surface area contributed by atoms with Crippen molar-refractivity contribution in [3.8, 4) is 0 Å². The maximum absolute atomic E-state index is 5.75. The summed E-state index contributed by atoms with van der Waals surface area (Å²) in [5, 5.41) is 0. The molecule has 1 nitrogen and oxygen atoms in total. The number of nitrogens with zero attached hydrogens (tertiary/aromatic N) is 1. The molecule has 0 bridgehead atoms. The molecular formula is C13H21Cl2N. The minimum absolute atomic E-state index is 0.694. The van der Waals surface area contributed by atoms with E-state index in [4.69, 9.17) is 23.2 Å². The first-order valence-electron chi connectivity index (χ1n) is 6.06. The van der Waals surface area contributed by atoms with Gasteiger partial charge in [0.05, 0.1) is 0 Å². The standard InChI is InChI=1S/C13H21Cl2N/c14-8-11-16(12-9-15)10-4-7-13-5-2-1-3-6-13/h2,5-6H,1,3-4,7-12H2. The van der Waals surface area contributed by atoms with Crippen molar-refractivity contribution in [2.45, 2.75) is 25.7 Å². The molecule has 1 rings (SSSR count). The second kappa shape index (κ2) is 9.09. The summed E-state index contributed by atoms with van der Waals surface area (Å²) in [5.74, 6) is 1.39. The zero-order valence-corrected chi connectivity index (χ0v) is 11.3. The Kier molecular flexibility index (Phi) is 8.00. The molecule has 0 saturated carbocycles. The van der Waals surface area contributed by atoms with Crippen LogP contribution in [0.5, 0.6) is 0 Å². The first kappa shape index (κ1) is 14.1. The van der Waals surface area contributed by atoms with E-state index in [1.807, 2.05) is 0 Å². The maximum atomic E-state index is 5.75. The van der Waals surface area contributed by atoms with Crippen LogP contribution >= 0.6 is 23.2 Å². The van der Waals surface area contributed by atoms with E-state index in [1.54, 1.807) is 0 Å². The number of rotatable bonds is 8. The van der Waals surface area contributed by atoms with Crippen molar-refractivity contribution in [3.63, 3.8) is 0 Å². The average molecular weight is 262 g/mol. The molecule has 0 N–H and O–H groups in total. The summed E-state index contributed by atoms with van der Waals surface area (Å²) in [6.07, 6.45) is 11.7. The number of allylic oxidation sites excluding steroid dienone is 4. The molecular weight excluding hydrogens is 241 g/mol. The fourth-order valence-corrected chi connectivity index (χ4v) is 2.41. The zero-order valence-electron chi connectivity index (χ0n) is 9.80. The van der Waals surface area contributed by atoms with E-state index in [0.29, 0.717) is 11.8 Å². The van der Waals surface area contributed by atoms with Crippen LogP contribution in [0.1, 0.15) is 25.7 Å². The number of halogens is 2. The van der Waals surface area contributed by atoms with Crippen LogP contribution in [0.15, 0.2) is 23.8 Å². The summed E-state index contributed by atoms with van der Waals surface area (Å²) >= 11 is 11.5. The summed E-state index contributed by atoms with van der Waals surface area (Å²) in [6, 6.07) is 0. The van der Waals surface area contributed by atoms with Crippen molar-refractivity contribution in [2.24, 2.45) is 0 Å². The predicted octanol–water partition coefficient (Wildman–Crippen LogP) is 3.82. The summed E-state index contributed by atoms with van der Waals surface area (Å²) in [5.41, 5.74) is 1.49. The van der Waals surface area contributed by atoms with E-state index in [0.717, 1.165) is 19.6 Å². The van der Waals surface area contributed by atoms with Crippen molar-refractivity contribution in [2.75, 3.05) is 31.4 Å². The molecule has 1 aliphatic rings. The van der Waals surface area contributed by atoms with Crippen molar-refractivity contribution < 1.29 is 0 Å². The van der Waals surface area contributed by atoms with Gasteiger partial charge in [-0.2, -0.15) is 0 Å². The topological polar surface area (TPSA) is 3.24 Å². The lowest BCUT2D eigenvalue weighted by Crippen LogP contribution is -2.29. The lowest BCUT2D eigenvalue weighted by atomic mass is 10.0. The molecule has 0 heterocycles. The number of hydrogen-bond acceptors (Lipinski definition) is 1. The molecule has 0 aliphatic heterocycles. The predicted molar refractivity (Wildman–Crippen MR) is 73.6 cm³/mol. The Hall–Kier alpha value is 0.0200. The normalized spacial score (nSPS) is 15.6. The highest BCUT2D eigenvalue weighted by Crippen LogP contribution is 2.14. The summed E-state index contributed by atoms with van der Waals surface area (Å²) < 4.78 is 0. The Morgan fingerprint density at radius 2 is 1.81 bits per heavy atom. The van der Waals surface area contributed by atoms with Crippen LogP contribution in [0.25, 0.3) is 0 Å². The van der Waals surface area contributed by atoms with Gasteiger partial charge in [0.25, 0.3) is 0 Å². The Morgan fingerprint density at radius 3 is 2.38 bits per heavy atom. The van der Waals surface area contributed by atoms with Gasteiger partial charge in [-0.25, -0.2) is 0 Å². The smallest absolute Gasteiger partial charge is 0.0351 e. The molecule has 0 aromatic heterocycles. The monoisotopic (exact) mass is 261 g/mol. The molecule has 0 aromatic rings. The molecule has 3 heteroatoms. The van der Waals surface area contributed by atoms with Crippen molar-refractivity contribution >= 4 is 23.2 Å². The van der Waals surface area contributed by atoms with Crippen LogP contribution in [0.3, 0.4) is 0 Å². The van der Waals surface area contributed by atoms with Gasteiger partial charge in [-0.05, 0) is 32.2 Å². The lowest BCUT2D eigenvalue weighted by molar-refractivity contribution is 0.303. The highest BCUT2D eigenvalue weighted by atomic mass is 35.5. The van der Waals surface area contributed by atoms with Gasteiger partial charge in [-0.3, -0.25) is 0 Å². The van der Waals surface area contributed by atoms with E-state index in [2.05, 4.69) is 23.1 Å². The fourth-order valence-electron chi connectivity index (χ4n) is 1.93. The summed E-state index contributed by atoms with van der Waals surface area (Å²) in [4.78, 5) is 2.34. The van der Waals surface area contributed by atoms with E-state index in [9.17, 15) is 0 Å². The minimum Gasteiger partial charge on any atom is -0.301 e. The molecule has 0 atom stereocenters. The quantitative estimate of drug-likeness (QED) is 0.601. The van der Waals surface area contributed by atoms with Crippen molar-refractivity contribution in [3.05, 3.63) is 23.8 Å². The van der Waals surface area contributed by atoms with Gasteiger partial charge >= 0.3 is 0 Å². The SMILES string of the molecule is ClCCN(CCCl)CCCC1=CCCC=C1. The third-order valence-corrected chi connectivity index (χ3v) is 3.15. The van der Waals surface area contributed by atoms with Crippen LogP contribution in [-0.2, 0) is 0 Å². The van der Waals surface area contributed by atoms with Gasteiger partial charge in [-0.15, -0.1) is 23.2 Å². The van der Waals surface area contributed by atoms with Crippen molar-refractivity contribution in [1.82, 2.24) is 4.90 Å². The lowest BCUT2D eigenvalue weighted by Gasteiger charge is -2.20. The van der Waals surface area contributed by atoms with Crippen LogP contribution in [-0.4, -0.2) is 36.3 Å².